The number of amides is 1. The minimum atomic E-state index is -4.49. The number of benzene rings is 3. The van der Waals surface area contributed by atoms with Crippen molar-refractivity contribution in [2.24, 2.45) is 4.99 Å². The summed E-state index contributed by atoms with van der Waals surface area (Å²) in [6.45, 7) is 1.29. The predicted molar refractivity (Wildman–Crippen MR) is 129 cm³/mol. The summed E-state index contributed by atoms with van der Waals surface area (Å²) < 4.78 is 41.0. The molecule has 0 saturated carbocycles. The molecule has 7 heteroatoms. The van der Waals surface area contributed by atoms with Crippen molar-refractivity contribution in [1.82, 2.24) is 9.80 Å². The molecule has 178 valence electrons. The highest BCUT2D eigenvalue weighted by molar-refractivity contribution is 6.19. The van der Waals surface area contributed by atoms with Gasteiger partial charge in [0.2, 0.25) is 0 Å². The highest BCUT2D eigenvalue weighted by Crippen LogP contribution is 2.43. The van der Waals surface area contributed by atoms with E-state index in [1.165, 1.54) is 6.07 Å². The van der Waals surface area contributed by atoms with E-state index in [-0.39, 0.29) is 12.5 Å². The lowest BCUT2D eigenvalue weighted by atomic mass is 9.90. The van der Waals surface area contributed by atoms with Crippen LogP contribution in [0.15, 0.2) is 101 Å². The minimum Gasteiger partial charge on any atom is -0.368 e. The highest BCUT2D eigenvalue weighted by Gasteiger charge is 2.45. The molecule has 0 aromatic heterocycles. The fourth-order valence-corrected chi connectivity index (χ4v) is 4.79. The topological polar surface area (TPSA) is 35.9 Å². The lowest BCUT2D eigenvalue weighted by molar-refractivity contribution is -0.137. The van der Waals surface area contributed by atoms with Crippen molar-refractivity contribution in [1.29, 1.82) is 0 Å². The molecule has 0 bridgehead atoms. The van der Waals surface area contributed by atoms with E-state index < -0.39 is 17.8 Å². The summed E-state index contributed by atoms with van der Waals surface area (Å²) in [6, 6.07) is 23.6. The molecule has 0 aliphatic carbocycles. The van der Waals surface area contributed by atoms with Gasteiger partial charge in [0, 0.05) is 31.3 Å². The number of rotatable bonds is 4. The molecule has 3 aromatic carbocycles. The Kier molecular flexibility index (Phi) is 5.93. The minimum absolute atomic E-state index is 0.209. The zero-order chi connectivity index (χ0) is 24.6. The van der Waals surface area contributed by atoms with Crippen molar-refractivity contribution < 1.29 is 18.0 Å². The third kappa shape index (κ3) is 4.34. The first-order chi connectivity index (χ1) is 16.8. The summed E-state index contributed by atoms with van der Waals surface area (Å²) in [5.74, 6) is -0.209. The van der Waals surface area contributed by atoms with Crippen LogP contribution in [0.4, 0.5) is 13.2 Å². The second-order valence-electron chi connectivity index (χ2n) is 8.72. The summed E-state index contributed by atoms with van der Waals surface area (Å²) in [6.07, 6.45) is -4.49. The van der Waals surface area contributed by atoms with Gasteiger partial charge in [0.15, 0.2) is 0 Å². The van der Waals surface area contributed by atoms with Crippen molar-refractivity contribution >= 4 is 11.6 Å². The van der Waals surface area contributed by atoms with Crippen LogP contribution in [0, 0.1) is 0 Å². The maximum Gasteiger partial charge on any atom is 0.416 e. The van der Waals surface area contributed by atoms with Crippen LogP contribution in [-0.2, 0) is 17.5 Å². The molecule has 0 fully saturated rings. The van der Waals surface area contributed by atoms with Crippen molar-refractivity contribution in [3.63, 3.8) is 0 Å². The van der Waals surface area contributed by atoms with Crippen molar-refractivity contribution in [2.45, 2.75) is 18.8 Å². The van der Waals surface area contributed by atoms with Gasteiger partial charge >= 0.3 is 6.18 Å². The molecule has 0 spiro atoms. The van der Waals surface area contributed by atoms with Gasteiger partial charge in [-0.1, -0.05) is 72.8 Å². The Labute approximate surface area is 202 Å². The number of halogens is 3. The predicted octanol–water partition coefficient (Wildman–Crippen LogP) is 5.48. The summed E-state index contributed by atoms with van der Waals surface area (Å²) in [4.78, 5) is 22.3. The van der Waals surface area contributed by atoms with Crippen LogP contribution in [0.3, 0.4) is 0 Å². The van der Waals surface area contributed by atoms with Crippen molar-refractivity contribution in [3.05, 3.63) is 118 Å². The number of aliphatic imine (C=N–C) groups is 1. The number of nitrogens with zero attached hydrogens (tertiary/aromatic N) is 3. The van der Waals surface area contributed by atoms with E-state index in [2.05, 4.69) is 0 Å². The fourth-order valence-electron chi connectivity index (χ4n) is 4.79. The summed E-state index contributed by atoms with van der Waals surface area (Å²) in [5, 5.41) is 0. The molecule has 0 radical (unpaired) electrons. The molecule has 2 heterocycles. The van der Waals surface area contributed by atoms with E-state index in [1.54, 1.807) is 11.0 Å². The van der Waals surface area contributed by atoms with Crippen molar-refractivity contribution in [2.75, 3.05) is 20.1 Å². The van der Waals surface area contributed by atoms with E-state index in [0.29, 0.717) is 35.6 Å². The molecule has 3 aromatic rings. The average Bonchev–Trinajstić information content (AvgIpc) is 3.02. The van der Waals surface area contributed by atoms with Crippen LogP contribution in [0.1, 0.15) is 28.3 Å². The number of hydrogen-bond donors (Lipinski definition) is 0. The SMILES string of the molecule is CN1CCN=C(c2ccccc2)C2=C1C(=O)N(Cc1ccccc1)C2c1cccc(C(F)(F)F)c1. The van der Waals surface area contributed by atoms with E-state index >= 15 is 0 Å². The first-order valence-corrected chi connectivity index (χ1v) is 11.4. The number of likely N-dealkylation sites (N-methyl/N-ethyl adjacent to an activating group) is 1. The second-order valence-corrected chi connectivity index (χ2v) is 8.72. The molecule has 1 atom stereocenters. The van der Waals surface area contributed by atoms with E-state index in [0.717, 1.165) is 23.3 Å². The van der Waals surface area contributed by atoms with Crippen LogP contribution in [0.5, 0.6) is 0 Å². The Hall–Kier alpha value is -3.87. The number of carbonyl (C=O) groups excluding carboxylic acids is 1. The van der Waals surface area contributed by atoms with E-state index in [9.17, 15) is 18.0 Å². The molecule has 0 N–H and O–H groups in total. The van der Waals surface area contributed by atoms with Gasteiger partial charge in [-0.25, -0.2) is 0 Å². The zero-order valence-corrected chi connectivity index (χ0v) is 19.2. The Morgan fingerprint density at radius 1 is 0.943 bits per heavy atom. The molecule has 1 amide bonds. The molecule has 35 heavy (non-hydrogen) atoms. The number of alkyl halides is 3. The normalized spacial score (nSPS) is 18.5. The first kappa shape index (κ1) is 22.9. The van der Waals surface area contributed by atoms with Gasteiger partial charge in [0.25, 0.3) is 5.91 Å². The van der Waals surface area contributed by atoms with Gasteiger partial charge in [-0.05, 0) is 23.3 Å². The number of carbonyl (C=O) groups is 1. The molecule has 2 aliphatic rings. The molecule has 4 nitrogen and oxygen atoms in total. The lowest BCUT2D eigenvalue weighted by Crippen LogP contribution is -2.34. The summed E-state index contributed by atoms with van der Waals surface area (Å²) >= 11 is 0. The summed E-state index contributed by atoms with van der Waals surface area (Å²) in [7, 11) is 1.84. The molecule has 5 rings (SSSR count). The molecular weight excluding hydrogens is 451 g/mol. The smallest absolute Gasteiger partial charge is 0.368 e. The number of hydrogen-bond acceptors (Lipinski definition) is 3. The summed E-state index contributed by atoms with van der Waals surface area (Å²) in [5.41, 5.74) is 3.19. The van der Waals surface area contributed by atoms with Gasteiger partial charge in [-0.15, -0.1) is 0 Å². The molecule has 2 aliphatic heterocycles. The molecular formula is C28H24F3N3O. The monoisotopic (exact) mass is 475 g/mol. The van der Waals surface area contributed by atoms with Gasteiger partial charge in [0.1, 0.15) is 5.70 Å². The van der Waals surface area contributed by atoms with Gasteiger partial charge < -0.3 is 9.80 Å². The van der Waals surface area contributed by atoms with Gasteiger partial charge in [0.05, 0.1) is 23.9 Å². The Morgan fingerprint density at radius 3 is 2.31 bits per heavy atom. The third-order valence-electron chi connectivity index (χ3n) is 6.42. The van der Waals surface area contributed by atoms with Crippen LogP contribution >= 0.6 is 0 Å². The van der Waals surface area contributed by atoms with Crippen LogP contribution in [0.25, 0.3) is 0 Å². The van der Waals surface area contributed by atoms with Crippen LogP contribution < -0.4 is 0 Å². The van der Waals surface area contributed by atoms with Crippen LogP contribution in [-0.4, -0.2) is 41.6 Å². The maximum absolute atomic E-state index is 13.9. The second kappa shape index (κ2) is 9.06. The standard InChI is InChI=1S/C28H24F3N3O/c1-33-16-15-32-24(20-11-6-3-7-12-20)23-25(21-13-8-14-22(17-21)28(29,30)31)34(27(35)26(23)33)18-19-9-4-2-5-10-19/h2-14,17,25H,15-16,18H2,1H3. The van der Waals surface area contributed by atoms with Gasteiger partial charge in [-0.3, -0.25) is 9.79 Å². The Bertz CT molecular complexity index is 1300. The third-order valence-corrected chi connectivity index (χ3v) is 6.42. The van der Waals surface area contributed by atoms with Gasteiger partial charge in [-0.2, -0.15) is 13.2 Å². The van der Waals surface area contributed by atoms with E-state index in [1.807, 2.05) is 72.6 Å². The molecule has 0 saturated heterocycles. The maximum atomic E-state index is 13.9. The van der Waals surface area contributed by atoms with Crippen molar-refractivity contribution in [3.8, 4) is 0 Å². The zero-order valence-electron chi connectivity index (χ0n) is 19.2. The Balaban J connectivity index is 1.71. The fraction of sp³-hybridized carbons (Fsp3) is 0.214. The first-order valence-electron chi connectivity index (χ1n) is 11.4. The Morgan fingerprint density at radius 2 is 1.63 bits per heavy atom. The highest BCUT2D eigenvalue weighted by atomic mass is 19.4. The average molecular weight is 476 g/mol. The van der Waals surface area contributed by atoms with E-state index in [4.69, 9.17) is 4.99 Å². The van der Waals surface area contributed by atoms with Crippen LogP contribution in [0.2, 0.25) is 0 Å². The quantitative estimate of drug-likeness (QED) is 0.501. The largest absolute Gasteiger partial charge is 0.416 e. The molecule has 1 unspecified atom stereocenters. The lowest BCUT2D eigenvalue weighted by Gasteiger charge is -2.29.